The summed E-state index contributed by atoms with van der Waals surface area (Å²) in [7, 11) is 1.69. The van der Waals surface area contributed by atoms with Gasteiger partial charge in [-0.1, -0.05) is 23.7 Å². The van der Waals surface area contributed by atoms with Crippen molar-refractivity contribution in [3.63, 3.8) is 0 Å². The fraction of sp³-hybridized carbons (Fsp3) is 0.267. The zero-order chi connectivity index (χ0) is 14.4. The van der Waals surface area contributed by atoms with Crippen LogP contribution in [-0.4, -0.2) is 18.7 Å². The van der Waals surface area contributed by atoms with E-state index >= 15 is 0 Å². The first-order valence-electron chi connectivity index (χ1n) is 6.33. The zero-order valence-corrected chi connectivity index (χ0v) is 12.1. The van der Waals surface area contributed by atoms with E-state index in [1.54, 1.807) is 19.4 Å². The summed E-state index contributed by atoms with van der Waals surface area (Å²) >= 11 is 5.96. The van der Waals surface area contributed by atoms with Crippen molar-refractivity contribution < 1.29 is 9.47 Å². The Hall–Kier alpha value is -1.62. The largest absolute Gasteiger partial charge is 0.439 e. The minimum atomic E-state index is 0.355. The van der Waals surface area contributed by atoms with Gasteiger partial charge in [0.2, 0.25) is 5.88 Å². The molecule has 0 spiro atoms. The van der Waals surface area contributed by atoms with Gasteiger partial charge < -0.3 is 15.2 Å². The summed E-state index contributed by atoms with van der Waals surface area (Å²) in [6.07, 6.45) is 2.43. The molecule has 2 rings (SSSR count). The number of nitrogens with two attached hydrogens (primary N) is 1. The average Bonchev–Trinajstić information content (AvgIpc) is 2.48. The van der Waals surface area contributed by atoms with Gasteiger partial charge in [-0.2, -0.15) is 0 Å². The van der Waals surface area contributed by atoms with Crippen LogP contribution in [-0.2, 0) is 17.7 Å². The molecule has 0 fully saturated rings. The van der Waals surface area contributed by atoms with Crippen LogP contribution in [0.25, 0.3) is 0 Å². The molecule has 2 N–H and O–H groups in total. The molecule has 0 atom stereocenters. The first kappa shape index (κ1) is 14.8. The van der Waals surface area contributed by atoms with Crippen LogP contribution in [0.15, 0.2) is 36.5 Å². The highest BCUT2D eigenvalue weighted by molar-refractivity contribution is 6.31. The quantitative estimate of drug-likeness (QED) is 0.888. The Balaban J connectivity index is 2.06. The number of rotatable bonds is 6. The van der Waals surface area contributed by atoms with E-state index in [-0.39, 0.29) is 0 Å². The van der Waals surface area contributed by atoms with Crippen molar-refractivity contribution in [3.8, 4) is 11.6 Å². The zero-order valence-electron chi connectivity index (χ0n) is 11.3. The number of ether oxygens (including phenoxy) is 2. The maximum absolute atomic E-state index is 5.96. The first-order valence-corrected chi connectivity index (χ1v) is 6.71. The molecule has 0 bridgehead atoms. The molecule has 2 aromatic rings. The topological polar surface area (TPSA) is 57.4 Å². The molecule has 1 heterocycles. The van der Waals surface area contributed by atoms with Crippen molar-refractivity contribution in [2.24, 2.45) is 5.73 Å². The van der Waals surface area contributed by atoms with Crippen LogP contribution < -0.4 is 10.5 Å². The maximum atomic E-state index is 5.96. The van der Waals surface area contributed by atoms with Crippen molar-refractivity contribution in [2.75, 3.05) is 13.7 Å². The van der Waals surface area contributed by atoms with Crippen LogP contribution in [0.2, 0.25) is 5.02 Å². The number of pyridine rings is 1. The van der Waals surface area contributed by atoms with Crippen molar-refractivity contribution in [2.45, 2.75) is 13.0 Å². The Morgan fingerprint density at radius 2 is 2.00 bits per heavy atom. The Bertz CT molecular complexity index is 558. The highest BCUT2D eigenvalue weighted by Crippen LogP contribution is 2.24. The second kappa shape index (κ2) is 7.24. The second-order valence-corrected chi connectivity index (χ2v) is 4.71. The summed E-state index contributed by atoms with van der Waals surface area (Å²) in [6.45, 7) is 1.06. The SMILES string of the molecule is COCCc1ccc(Oc2cc(CN)c(Cl)cn2)cc1. The molecule has 20 heavy (non-hydrogen) atoms. The first-order chi connectivity index (χ1) is 9.72. The summed E-state index contributed by atoms with van der Waals surface area (Å²) in [5.41, 5.74) is 7.61. The van der Waals surface area contributed by atoms with Gasteiger partial charge in [-0.05, 0) is 29.7 Å². The molecular weight excluding hydrogens is 276 g/mol. The number of benzene rings is 1. The molecule has 4 nitrogen and oxygen atoms in total. The minimum absolute atomic E-state index is 0.355. The smallest absolute Gasteiger partial charge is 0.219 e. The molecule has 0 saturated carbocycles. The van der Waals surface area contributed by atoms with E-state index in [0.717, 1.165) is 17.7 Å². The average molecular weight is 293 g/mol. The van der Waals surface area contributed by atoms with Crippen molar-refractivity contribution >= 4 is 11.6 Å². The lowest BCUT2D eigenvalue weighted by Gasteiger charge is -2.08. The van der Waals surface area contributed by atoms with Gasteiger partial charge in [0.25, 0.3) is 0 Å². The fourth-order valence-corrected chi connectivity index (χ4v) is 1.92. The number of nitrogens with zero attached hydrogens (tertiary/aromatic N) is 1. The van der Waals surface area contributed by atoms with Crippen LogP contribution >= 0.6 is 11.6 Å². The van der Waals surface area contributed by atoms with E-state index in [0.29, 0.717) is 24.1 Å². The van der Waals surface area contributed by atoms with E-state index in [9.17, 15) is 0 Å². The summed E-state index contributed by atoms with van der Waals surface area (Å²) < 4.78 is 10.7. The van der Waals surface area contributed by atoms with Crippen molar-refractivity contribution in [1.82, 2.24) is 4.98 Å². The van der Waals surface area contributed by atoms with Crippen molar-refractivity contribution in [3.05, 3.63) is 52.7 Å². The minimum Gasteiger partial charge on any atom is -0.439 e. The summed E-state index contributed by atoms with van der Waals surface area (Å²) in [4.78, 5) is 4.12. The molecular formula is C15H17ClN2O2. The van der Waals surface area contributed by atoms with Crippen LogP contribution in [0.4, 0.5) is 0 Å². The predicted octanol–water partition coefficient (Wildman–Crippen LogP) is 3.17. The van der Waals surface area contributed by atoms with Gasteiger partial charge in [-0.25, -0.2) is 4.98 Å². The van der Waals surface area contributed by atoms with Crippen LogP contribution in [0, 0.1) is 0 Å². The van der Waals surface area contributed by atoms with Gasteiger partial charge in [0.05, 0.1) is 11.6 Å². The van der Waals surface area contributed by atoms with E-state index in [1.165, 1.54) is 5.56 Å². The second-order valence-electron chi connectivity index (χ2n) is 4.31. The molecule has 5 heteroatoms. The number of methoxy groups -OCH3 is 1. The number of aromatic nitrogens is 1. The van der Waals surface area contributed by atoms with Crippen molar-refractivity contribution in [1.29, 1.82) is 0 Å². The third kappa shape index (κ3) is 3.93. The Morgan fingerprint density at radius 3 is 2.65 bits per heavy atom. The lowest BCUT2D eigenvalue weighted by atomic mass is 10.1. The lowest BCUT2D eigenvalue weighted by molar-refractivity contribution is 0.202. The van der Waals surface area contributed by atoms with Crippen LogP contribution in [0.1, 0.15) is 11.1 Å². The van der Waals surface area contributed by atoms with Gasteiger partial charge in [-0.15, -0.1) is 0 Å². The molecule has 0 unspecified atom stereocenters. The summed E-state index contributed by atoms with van der Waals surface area (Å²) in [5.74, 6) is 1.21. The normalized spacial score (nSPS) is 10.6. The van der Waals surface area contributed by atoms with Gasteiger partial charge in [0.15, 0.2) is 0 Å². The fourth-order valence-electron chi connectivity index (χ4n) is 1.74. The highest BCUT2D eigenvalue weighted by Gasteiger charge is 2.04. The van der Waals surface area contributed by atoms with Gasteiger partial charge in [0.1, 0.15) is 5.75 Å². The van der Waals surface area contributed by atoms with E-state index in [2.05, 4.69) is 4.98 Å². The number of halogens is 1. The molecule has 1 aromatic carbocycles. The van der Waals surface area contributed by atoms with E-state index < -0.39 is 0 Å². The molecule has 0 aliphatic carbocycles. The standard InChI is InChI=1S/C15H17ClN2O2/c1-19-7-6-11-2-4-13(5-3-11)20-15-8-12(9-17)14(16)10-18-15/h2-5,8,10H,6-7,9,17H2,1H3. The third-order valence-corrected chi connectivity index (χ3v) is 3.21. The van der Waals surface area contributed by atoms with Crippen LogP contribution in [0.5, 0.6) is 11.6 Å². The summed E-state index contributed by atoms with van der Waals surface area (Å²) in [5, 5.41) is 0.551. The monoisotopic (exact) mass is 292 g/mol. The molecule has 106 valence electrons. The van der Waals surface area contributed by atoms with E-state index in [4.69, 9.17) is 26.8 Å². The number of hydrogen-bond donors (Lipinski definition) is 1. The molecule has 1 aromatic heterocycles. The predicted molar refractivity (Wildman–Crippen MR) is 79.2 cm³/mol. The molecule has 0 amide bonds. The third-order valence-electron chi connectivity index (χ3n) is 2.87. The molecule has 0 radical (unpaired) electrons. The number of hydrogen-bond acceptors (Lipinski definition) is 4. The Morgan fingerprint density at radius 1 is 1.25 bits per heavy atom. The Kier molecular flexibility index (Phi) is 5.35. The van der Waals surface area contributed by atoms with Gasteiger partial charge >= 0.3 is 0 Å². The molecule has 0 aliphatic rings. The van der Waals surface area contributed by atoms with Gasteiger partial charge in [0, 0.05) is 25.9 Å². The Labute approximate surface area is 123 Å². The van der Waals surface area contributed by atoms with E-state index in [1.807, 2.05) is 24.3 Å². The lowest BCUT2D eigenvalue weighted by Crippen LogP contribution is -1.99. The highest BCUT2D eigenvalue weighted by atomic mass is 35.5. The summed E-state index contributed by atoms with van der Waals surface area (Å²) in [6, 6.07) is 9.58. The molecule has 0 saturated heterocycles. The van der Waals surface area contributed by atoms with Gasteiger partial charge in [-0.3, -0.25) is 0 Å². The van der Waals surface area contributed by atoms with Crippen LogP contribution in [0.3, 0.4) is 0 Å². The maximum Gasteiger partial charge on any atom is 0.219 e. The molecule has 0 aliphatic heterocycles.